The Hall–Kier alpha value is -1.17. The normalized spacial score (nSPS) is 40.1. The molecule has 6 heteroatoms. The molecule has 90 valence electrons. The molecule has 1 saturated heterocycles. The molecule has 0 aromatic heterocycles. The van der Waals surface area contributed by atoms with Gasteiger partial charge in [-0.2, -0.15) is 0 Å². The summed E-state index contributed by atoms with van der Waals surface area (Å²) in [6.45, 7) is 2.35. The predicted octanol–water partition coefficient (Wildman–Crippen LogP) is 0.362. The van der Waals surface area contributed by atoms with Crippen molar-refractivity contribution in [3.05, 3.63) is 0 Å². The zero-order valence-electron chi connectivity index (χ0n) is 9.12. The van der Waals surface area contributed by atoms with Crippen molar-refractivity contribution in [2.75, 3.05) is 13.2 Å². The second kappa shape index (κ2) is 3.41. The lowest BCUT2D eigenvalue weighted by Gasteiger charge is -2.14. The minimum Gasteiger partial charge on any atom is -0.463 e. The number of carbonyl (C=O) groups is 2. The highest BCUT2D eigenvalue weighted by Gasteiger charge is 2.81. The highest BCUT2D eigenvalue weighted by atomic mass is 19.1. The maximum absolute atomic E-state index is 14.2. The average molecular weight is 232 g/mol. The number of hydrogen-bond donors (Lipinski definition) is 0. The molecule has 2 fully saturated rings. The van der Waals surface area contributed by atoms with Crippen molar-refractivity contribution in [2.45, 2.75) is 37.6 Å². The Morgan fingerprint density at radius 1 is 1.44 bits per heavy atom. The molecule has 2 unspecified atom stereocenters. The van der Waals surface area contributed by atoms with Crippen LogP contribution in [0.3, 0.4) is 0 Å². The van der Waals surface area contributed by atoms with Crippen LogP contribution >= 0.6 is 0 Å². The van der Waals surface area contributed by atoms with Crippen molar-refractivity contribution in [1.29, 1.82) is 0 Å². The fraction of sp³-hybridized carbons (Fsp3) is 0.800. The van der Waals surface area contributed by atoms with E-state index in [1.165, 1.54) is 13.8 Å². The van der Waals surface area contributed by atoms with Gasteiger partial charge in [0.25, 0.3) is 0 Å². The van der Waals surface area contributed by atoms with Crippen LogP contribution in [0.4, 0.5) is 4.39 Å². The van der Waals surface area contributed by atoms with Crippen molar-refractivity contribution >= 4 is 11.9 Å². The van der Waals surface area contributed by atoms with Gasteiger partial charge in [0, 0.05) is 20.3 Å². The van der Waals surface area contributed by atoms with E-state index in [0.717, 1.165) is 0 Å². The van der Waals surface area contributed by atoms with Gasteiger partial charge in [-0.05, 0) is 0 Å². The molecule has 1 aliphatic heterocycles. The second-order valence-corrected chi connectivity index (χ2v) is 4.23. The molecule has 0 aromatic carbocycles. The lowest BCUT2D eigenvalue weighted by Crippen LogP contribution is -2.33. The molecule has 0 bridgehead atoms. The zero-order chi connectivity index (χ0) is 12.0. The average Bonchev–Trinajstić information content (AvgIpc) is 2.61. The van der Waals surface area contributed by atoms with Crippen molar-refractivity contribution in [3.63, 3.8) is 0 Å². The van der Waals surface area contributed by atoms with Gasteiger partial charge in [0.15, 0.2) is 11.3 Å². The van der Waals surface area contributed by atoms with Crippen molar-refractivity contribution < 1.29 is 28.2 Å². The van der Waals surface area contributed by atoms with E-state index in [2.05, 4.69) is 0 Å². The molecule has 5 nitrogen and oxygen atoms in total. The van der Waals surface area contributed by atoms with Crippen molar-refractivity contribution in [3.8, 4) is 0 Å². The number of hydrogen-bond acceptors (Lipinski definition) is 5. The van der Waals surface area contributed by atoms with Crippen LogP contribution in [0.15, 0.2) is 0 Å². The molecular weight excluding hydrogens is 219 g/mol. The molecule has 0 amide bonds. The lowest BCUT2D eigenvalue weighted by atomic mass is 10.2. The monoisotopic (exact) mass is 232 g/mol. The van der Waals surface area contributed by atoms with Crippen LogP contribution in [0.5, 0.6) is 0 Å². The topological polar surface area (TPSA) is 61.8 Å². The van der Waals surface area contributed by atoms with Crippen LogP contribution in [0.25, 0.3) is 0 Å². The Bertz CT molecular complexity index is 340. The van der Waals surface area contributed by atoms with Gasteiger partial charge >= 0.3 is 11.9 Å². The number of carbonyl (C=O) groups excluding carboxylic acids is 2. The van der Waals surface area contributed by atoms with Crippen LogP contribution in [0, 0.1) is 0 Å². The van der Waals surface area contributed by atoms with Crippen molar-refractivity contribution in [2.24, 2.45) is 0 Å². The fourth-order valence-corrected chi connectivity index (χ4v) is 2.12. The minimum atomic E-state index is -1.70. The Kier molecular flexibility index (Phi) is 2.41. The summed E-state index contributed by atoms with van der Waals surface area (Å²) in [5, 5.41) is 0. The van der Waals surface area contributed by atoms with Crippen LogP contribution in [0.1, 0.15) is 20.3 Å². The number of alkyl halides is 1. The summed E-state index contributed by atoms with van der Waals surface area (Å²) in [4.78, 5) is 21.4. The first-order valence-electron chi connectivity index (χ1n) is 5.03. The maximum atomic E-state index is 14.2. The highest BCUT2D eigenvalue weighted by Crippen LogP contribution is 2.61. The van der Waals surface area contributed by atoms with E-state index in [4.69, 9.17) is 14.2 Å². The van der Waals surface area contributed by atoms with E-state index in [9.17, 15) is 14.0 Å². The van der Waals surface area contributed by atoms with Gasteiger partial charge in [0.2, 0.25) is 0 Å². The van der Waals surface area contributed by atoms with Crippen LogP contribution in [-0.2, 0) is 23.8 Å². The van der Waals surface area contributed by atoms with E-state index in [1.54, 1.807) is 0 Å². The molecule has 2 rings (SSSR count). The fourth-order valence-electron chi connectivity index (χ4n) is 2.12. The third-order valence-corrected chi connectivity index (χ3v) is 2.98. The highest BCUT2D eigenvalue weighted by molar-refractivity contribution is 5.68. The summed E-state index contributed by atoms with van der Waals surface area (Å²) in [5.41, 5.74) is -2.85. The molecule has 0 spiro atoms. The van der Waals surface area contributed by atoms with Gasteiger partial charge in [-0.1, -0.05) is 0 Å². The molecular formula is C10H13FO5. The molecule has 1 aliphatic carbocycles. The minimum absolute atomic E-state index is 0.0228. The summed E-state index contributed by atoms with van der Waals surface area (Å²) in [6, 6.07) is 0. The quantitative estimate of drug-likeness (QED) is 0.657. The SMILES string of the molecule is CC(=O)OC[C@H]1OCC2(OC(C)=O)CC12F. The Balaban J connectivity index is 1.97. The summed E-state index contributed by atoms with van der Waals surface area (Å²) in [6.07, 6.45) is -0.721. The predicted molar refractivity (Wildman–Crippen MR) is 49.3 cm³/mol. The maximum Gasteiger partial charge on any atom is 0.303 e. The van der Waals surface area contributed by atoms with Gasteiger partial charge in [-0.3, -0.25) is 9.59 Å². The Labute approximate surface area is 91.8 Å². The van der Waals surface area contributed by atoms with E-state index >= 15 is 0 Å². The van der Waals surface area contributed by atoms with E-state index < -0.39 is 29.3 Å². The summed E-state index contributed by atoms with van der Waals surface area (Å²) >= 11 is 0. The zero-order valence-corrected chi connectivity index (χ0v) is 9.12. The van der Waals surface area contributed by atoms with Gasteiger partial charge in [0.05, 0.1) is 6.61 Å². The third-order valence-electron chi connectivity index (χ3n) is 2.98. The number of rotatable bonds is 3. The Morgan fingerprint density at radius 2 is 2.12 bits per heavy atom. The van der Waals surface area contributed by atoms with Crippen LogP contribution in [-0.4, -0.2) is 42.5 Å². The molecule has 0 radical (unpaired) electrons. The van der Waals surface area contributed by atoms with Crippen molar-refractivity contribution in [1.82, 2.24) is 0 Å². The molecule has 3 atom stereocenters. The molecule has 0 N–H and O–H groups in total. The molecule has 2 aliphatic rings. The first kappa shape index (κ1) is 11.3. The van der Waals surface area contributed by atoms with E-state index in [0.29, 0.717) is 0 Å². The summed E-state index contributed by atoms with van der Waals surface area (Å²) in [7, 11) is 0. The first-order valence-corrected chi connectivity index (χ1v) is 5.03. The molecule has 1 heterocycles. The van der Waals surface area contributed by atoms with Crippen LogP contribution < -0.4 is 0 Å². The largest absolute Gasteiger partial charge is 0.463 e. The van der Waals surface area contributed by atoms with Gasteiger partial charge in [-0.15, -0.1) is 0 Å². The van der Waals surface area contributed by atoms with Crippen LogP contribution in [0.2, 0.25) is 0 Å². The Morgan fingerprint density at radius 3 is 2.62 bits per heavy atom. The third kappa shape index (κ3) is 1.57. The standard InChI is InChI=1S/C10H13FO5/c1-6(12)14-3-8-10(11)4-9(10,5-15-8)16-7(2)13/h8H,3-5H2,1-2H3/t8-,9?,10?/m1/s1. The first-order chi connectivity index (χ1) is 7.40. The van der Waals surface area contributed by atoms with Gasteiger partial charge in [-0.25, -0.2) is 4.39 Å². The number of halogens is 1. The van der Waals surface area contributed by atoms with Gasteiger partial charge in [0.1, 0.15) is 12.7 Å². The number of esters is 2. The summed E-state index contributed by atoms with van der Waals surface area (Å²) < 4.78 is 29.0. The lowest BCUT2D eigenvalue weighted by molar-refractivity contribution is -0.150. The van der Waals surface area contributed by atoms with E-state index in [-0.39, 0.29) is 19.6 Å². The number of fused-ring (bicyclic) bond motifs is 1. The molecule has 0 aromatic rings. The second-order valence-electron chi connectivity index (χ2n) is 4.23. The number of ether oxygens (including phenoxy) is 3. The van der Waals surface area contributed by atoms with Gasteiger partial charge < -0.3 is 14.2 Å². The smallest absolute Gasteiger partial charge is 0.303 e. The summed E-state index contributed by atoms with van der Waals surface area (Å²) in [5.74, 6) is -1.02. The van der Waals surface area contributed by atoms with E-state index in [1.807, 2.05) is 0 Å². The molecule has 16 heavy (non-hydrogen) atoms. The molecule has 1 saturated carbocycles.